The monoisotopic (exact) mass is 392 g/mol. The van der Waals surface area contributed by atoms with Crippen LogP contribution in [0.15, 0.2) is 53.4 Å². The van der Waals surface area contributed by atoms with Crippen molar-refractivity contribution in [1.29, 1.82) is 0 Å². The van der Waals surface area contributed by atoms with Crippen molar-refractivity contribution in [2.75, 3.05) is 26.7 Å². The smallest absolute Gasteiger partial charge is 0.339 e. The fourth-order valence-electron chi connectivity index (χ4n) is 3.48. The summed E-state index contributed by atoms with van der Waals surface area (Å²) in [5.41, 5.74) is 6.58. The van der Waals surface area contributed by atoms with E-state index in [2.05, 4.69) is 4.74 Å². The first-order valence-corrected chi connectivity index (χ1v) is 9.95. The van der Waals surface area contributed by atoms with Crippen LogP contribution in [0.25, 0.3) is 0 Å². The van der Waals surface area contributed by atoms with Gasteiger partial charge in [-0.1, -0.05) is 30.3 Å². The lowest BCUT2D eigenvalue weighted by Crippen LogP contribution is -2.31. The normalized spacial score (nSPS) is 20.6. The molecular weight excluding hydrogens is 371 g/mol. The van der Waals surface area contributed by atoms with E-state index >= 15 is 0 Å². The van der Waals surface area contributed by atoms with Gasteiger partial charge in [-0.2, -0.15) is 4.31 Å². The third-order valence-corrected chi connectivity index (χ3v) is 6.79. The lowest BCUT2D eigenvalue weighted by Gasteiger charge is -2.18. The Morgan fingerprint density at radius 2 is 1.93 bits per heavy atom. The number of methoxy groups -OCH3 is 1. The molecule has 1 heterocycles. The molecule has 0 bridgehead atoms. The molecule has 1 aliphatic rings. The topological polar surface area (TPSA) is 89.7 Å². The number of nitrogens with two attached hydrogens (primary N) is 1. The van der Waals surface area contributed by atoms with Crippen LogP contribution in [0.1, 0.15) is 21.8 Å². The molecular formula is C19H21FN2O4S. The summed E-state index contributed by atoms with van der Waals surface area (Å²) in [7, 11) is -2.89. The van der Waals surface area contributed by atoms with Crippen molar-refractivity contribution < 1.29 is 22.3 Å². The van der Waals surface area contributed by atoms with Crippen LogP contribution in [0.4, 0.5) is 4.39 Å². The molecule has 2 atom stereocenters. The van der Waals surface area contributed by atoms with Crippen LogP contribution in [0.2, 0.25) is 0 Å². The van der Waals surface area contributed by atoms with Gasteiger partial charge in [0.05, 0.1) is 17.6 Å². The van der Waals surface area contributed by atoms with Gasteiger partial charge in [0.15, 0.2) is 0 Å². The highest BCUT2D eigenvalue weighted by Gasteiger charge is 2.40. The van der Waals surface area contributed by atoms with E-state index in [0.29, 0.717) is 6.54 Å². The Kier molecular flexibility index (Phi) is 5.59. The third-order valence-electron chi connectivity index (χ3n) is 4.90. The Labute approximate surface area is 157 Å². The van der Waals surface area contributed by atoms with Crippen molar-refractivity contribution in [1.82, 2.24) is 4.31 Å². The number of halogens is 1. The van der Waals surface area contributed by atoms with Gasteiger partial charge < -0.3 is 10.5 Å². The molecule has 8 heteroatoms. The Morgan fingerprint density at radius 1 is 1.22 bits per heavy atom. The second-order valence-corrected chi connectivity index (χ2v) is 8.37. The summed E-state index contributed by atoms with van der Waals surface area (Å²) in [5.74, 6) is -1.71. The van der Waals surface area contributed by atoms with E-state index in [4.69, 9.17) is 5.73 Å². The zero-order valence-corrected chi connectivity index (χ0v) is 15.7. The molecule has 2 N–H and O–H groups in total. The molecule has 2 aromatic carbocycles. The highest BCUT2D eigenvalue weighted by Crippen LogP contribution is 2.36. The molecule has 27 heavy (non-hydrogen) atoms. The molecule has 1 aliphatic heterocycles. The number of sulfonamides is 1. The molecule has 1 fully saturated rings. The number of carbonyl (C=O) groups excluding carboxylic acids is 1. The second-order valence-electron chi connectivity index (χ2n) is 6.47. The van der Waals surface area contributed by atoms with Gasteiger partial charge >= 0.3 is 5.97 Å². The summed E-state index contributed by atoms with van der Waals surface area (Å²) in [6.07, 6.45) is 0. The van der Waals surface area contributed by atoms with Crippen LogP contribution >= 0.6 is 0 Å². The molecule has 0 saturated carbocycles. The largest absolute Gasteiger partial charge is 0.465 e. The second kappa shape index (κ2) is 7.75. The van der Waals surface area contributed by atoms with Gasteiger partial charge in [0.1, 0.15) is 5.82 Å². The predicted molar refractivity (Wildman–Crippen MR) is 98.2 cm³/mol. The fourth-order valence-corrected chi connectivity index (χ4v) is 5.16. The first kappa shape index (κ1) is 19.5. The van der Waals surface area contributed by atoms with Gasteiger partial charge in [-0.3, -0.25) is 0 Å². The van der Waals surface area contributed by atoms with Crippen LogP contribution in [-0.4, -0.2) is 45.4 Å². The van der Waals surface area contributed by atoms with Crippen molar-refractivity contribution in [2.45, 2.75) is 10.8 Å². The summed E-state index contributed by atoms with van der Waals surface area (Å²) < 4.78 is 45.9. The fraction of sp³-hybridized carbons (Fsp3) is 0.316. The minimum Gasteiger partial charge on any atom is -0.465 e. The summed E-state index contributed by atoms with van der Waals surface area (Å²) in [6, 6.07) is 12.6. The predicted octanol–water partition coefficient (Wildman–Crippen LogP) is 1.98. The molecule has 0 radical (unpaired) electrons. The van der Waals surface area contributed by atoms with Gasteiger partial charge in [-0.15, -0.1) is 0 Å². The molecule has 0 aromatic heterocycles. The number of rotatable bonds is 5. The van der Waals surface area contributed by atoms with Crippen LogP contribution in [-0.2, 0) is 14.8 Å². The average molecular weight is 392 g/mol. The van der Waals surface area contributed by atoms with E-state index in [0.717, 1.165) is 30.9 Å². The van der Waals surface area contributed by atoms with Crippen molar-refractivity contribution >= 4 is 16.0 Å². The van der Waals surface area contributed by atoms with E-state index in [1.807, 2.05) is 30.3 Å². The first-order chi connectivity index (χ1) is 12.9. The van der Waals surface area contributed by atoms with E-state index in [-0.39, 0.29) is 35.4 Å². The van der Waals surface area contributed by atoms with Crippen LogP contribution in [0.3, 0.4) is 0 Å². The Balaban J connectivity index is 1.98. The summed E-state index contributed by atoms with van der Waals surface area (Å²) in [4.78, 5) is 11.7. The quantitative estimate of drug-likeness (QED) is 0.786. The molecule has 2 aromatic rings. The molecule has 1 saturated heterocycles. The van der Waals surface area contributed by atoms with Crippen LogP contribution in [0.5, 0.6) is 0 Å². The minimum absolute atomic E-state index is 0.0481. The van der Waals surface area contributed by atoms with Gasteiger partial charge in [0.2, 0.25) is 10.0 Å². The average Bonchev–Trinajstić information content (AvgIpc) is 3.13. The zero-order chi connectivity index (χ0) is 19.6. The molecule has 3 rings (SSSR count). The SMILES string of the molecule is COC(=O)c1cc(F)ccc1S(=O)(=O)N1C[C@@H](CN)[C@H](c2ccccc2)C1. The molecule has 0 unspecified atom stereocenters. The van der Waals surface area contributed by atoms with Crippen LogP contribution in [0, 0.1) is 11.7 Å². The first-order valence-electron chi connectivity index (χ1n) is 8.51. The number of carbonyl (C=O) groups is 1. The lowest BCUT2D eigenvalue weighted by atomic mass is 9.89. The van der Waals surface area contributed by atoms with E-state index < -0.39 is 21.8 Å². The number of hydrogen-bond donors (Lipinski definition) is 1. The van der Waals surface area contributed by atoms with Crippen molar-refractivity contribution in [3.05, 3.63) is 65.5 Å². The van der Waals surface area contributed by atoms with Crippen LogP contribution < -0.4 is 5.73 Å². The summed E-state index contributed by atoms with van der Waals surface area (Å²) in [6.45, 7) is 0.807. The summed E-state index contributed by atoms with van der Waals surface area (Å²) in [5, 5.41) is 0. The Bertz CT molecular complexity index is 934. The molecule has 0 spiro atoms. The van der Waals surface area contributed by atoms with Gasteiger partial charge in [0, 0.05) is 19.0 Å². The maximum Gasteiger partial charge on any atom is 0.339 e. The van der Waals surface area contributed by atoms with Crippen molar-refractivity contribution in [3.8, 4) is 0 Å². The maximum atomic E-state index is 13.6. The standard InChI is InChI=1S/C19H21FN2O4S/c1-26-19(23)16-9-15(20)7-8-18(16)27(24,25)22-11-14(10-21)17(12-22)13-5-3-2-4-6-13/h2-9,14,17H,10-12,21H2,1H3/t14-,17+/m1/s1. The highest BCUT2D eigenvalue weighted by atomic mass is 32.2. The van der Waals surface area contributed by atoms with E-state index in [1.165, 1.54) is 4.31 Å². The number of ether oxygens (including phenoxy) is 1. The number of esters is 1. The van der Waals surface area contributed by atoms with Gasteiger partial charge in [-0.05, 0) is 36.2 Å². The molecule has 0 amide bonds. The zero-order valence-electron chi connectivity index (χ0n) is 14.8. The Hall–Kier alpha value is -2.29. The number of hydrogen-bond acceptors (Lipinski definition) is 5. The lowest BCUT2D eigenvalue weighted by molar-refractivity contribution is 0.0595. The minimum atomic E-state index is -4.01. The van der Waals surface area contributed by atoms with Gasteiger partial charge in [0.25, 0.3) is 0 Å². The van der Waals surface area contributed by atoms with E-state index in [1.54, 1.807) is 0 Å². The van der Waals surface area contributed by atoms with Gasteiger partial charge in [-0.25, -0.2) is 17.6 Å². The Morgan fingerprint density at radius 3 is 2.56 bits per heavy atom. The highest BCUT2D eigenvalue weighted by molar-refractivity contribution is 7.89. The van der Waals surface area contributed by atoms with E-state index in [9.17, 15) is 17.6 Å². The molecule has 144 valence electrons. The third kappa shape index (κ3) is 3.73. The molecule has 0 aliphatic carbocycles. The maximum absolute atomic E-state index is 13.6. The molecule has 6 nitrogen and oxygen atoms in total. The summed E-state index contributed by atoms with van der Waals surface area (Å²) >= 11 is 0. The van der Waals surface area contributed by atoms with Crippen molar-refractivity contribution in [2.24, 2.45) is 11.7 Å². The number of nitrogens with zero attached hydrogens (tertiary/aromatic N) is 1. The number of benzene rings is 2. The van der Waals surface area contributed by atoms with Crippen molar-refractivity contribution in [3.63, 3.8) is 0 Å².